The van der Waals surface area contributed by atoms with E-state index in [-0.39, 0.29) is 11.7 Å². The van der Waals surface area contributed by atoms with Gasteiger partial charge in [0.05, 0.1) is 11.3 Å². The largest absolute Gasteiger partial charge is 0.506 e. The average molecular weight is 292 g/mol. The summed E-state index contributed by atoms with van der Waals surface area (Å²) >= 11 is 0. The third kappa shape index (κ3) is 4.44. The molecule has 1 aromatic rings. The molecule has 0 spiro atoms. The zero-order valence-corrected chi connectivity index (χ0v) is 12.7. The number of amides is 1. The van der Waals surface area contributed by atoms with E-state index in [0.29, 0.717) is 25.1 Å². The normalized spacial score (nSPS) is 14.7. The number of carbonyl (C=O) groups is 1. The summed E-state index contributed by atoms with van der Waals surface area (Å²) in [5.41, 5.74) is 2.11. The van der Waals surface area contributed by atoms with Crippen molar-refractivity contribution >= 4 is 11.6 Å². The Morgan fingerprint density at radius 1 is 1.33 bits per heavy atom. The Hall–Kier alpha value is -1.59. The van der Waals surface area contributed by atoms with E-state index in [9.17, 15) is 15.0 Å². The van der Waals surface area contributed by atoms with Gasteiger partial charge in [0.25, 0.3) is 0 Å². The number of nitrogens with one attached hydrogen (secondary N) is 2. The smallest absolute Gasteiger partial charge is 0.224 e. The van der Waals surface area contributed by atoms with Gasteiger partial charge >= 0.3 is 0 Å². The third-order valence-corrected chi connectivity index (χ3v) is 3.61. The molecule has 0 saturated carbocycles. The molecule has 21 heavy (non-hydrogen) atoms. The highest BCUT2D eigenvalue weighted by Gasteiger charge is 2.20. The summed E-state index contributed by atoms with van der Waals surface area (Å²) in [5.74, 6) is 0.101. The van der Waals surface area contributed by atoms with Gasteiger partial charge in [0, 0.05) is 13.0 Å². The molecular weight excluding hydrogens is 268 g/mol. The Balaban J connectivity index is 1.92. The Morgan fingerprint density at radius 2 is 2.10 bits per heavy atom. The zero-order chi connectivity index (χ0) is 15.5. The number of carbonyl (C=O) groups excluding carboxylic acids is 1. The van der Waals surface area contributed by atoms with Crippen LogP contribution in [0, 0.1) is 0 Å². The molecule has 116 valence electrons. The third-order valence-electron chi connectivity index (χ3n) is 3.61. The number of aliphatic hydroxyl groups is 1. The summed E-state index contributed by atoms with van der Waals surface area (Å²) in [5, 5.41) is 25.4. The summed E-state index contributed by atoms with van der Waals surface area (Å²) in [6, 6.07) is 3.58. The average Bonchev–Trinajstić information content (AvgIpc) is 2.40. The summed E-state index contributed by atoms with van der Waals surface area (Å²) in [7, 11) is 0. The molecule has 0 bridgehead atoms. The number of hydrogen-bond donors (Lipinski definition) is 4. The first-order valence-electron chi connectivity index (χ1n) is 7.43. The van der Waals surface area contributed by atoms with Crippen LogP contribution >= 0.6 is 0 Å². The molecule has 1 aliphatic heterocycles. The first kappa shape index (κ1) is 15.8. The molecule has 0 aromatic heterocycles. The van der Waals surface area contributed by atoms with Gasteiger partial charge in [0.2, 0.25) is 5.91 Å². The van der Waals surface area contributed by atoms with Crippen LogP contribution in [0.15, 0.2) is 12.1 Å². The molecule has 1 heterocycles. The number of rotatable bonds is 6. The molecule has 0 radical (unpaired) electrons. The summed E-state index contributed by atoms with van der Waals surface area (Å²) < 4.78 is 0. The fourth-order valence-corrected chi connectivity index (χ4v) is 2.58. The van der Waals surface area contributed by atoms with Crippen molar-refractivity contribution in [2.75, 3.05) is 18.4 Å². The van der Waals surface area contributed by atoms with Crippen LogP contribution in [0.4, 0.5) is 5.69 Å². The maximum absolute atomic E-state index is 11.4. The van der Waals surface area contributed by atoms with Crippen molar-refractivity contribution in [1.82, 2.24) is 5.32 Å². The minimum Gasteiger partial charge on any atom is -0.506 e. The van der Waals surface area contributed by atoms with E-state index in [0.717, 1.165) is 24.9 Å². The predicted molar refractivity (Wildman–Crippen MR) is 82.5 cm³/mol. The van der Waals surface area contributed by atoms with Gasteiger partial charge in [-0.15, -0.1) is 0 Å². The van der Waals surface area contributed by atoms with E-state index in [1.54, 1.807) is 19.9 Å². The van der Waals surface area contributed by atoms with Crippen LogP contribution in [0.25, 0.3) is 0 Å². The van der Waals surface area contributed by atoms with Crippen molar-refractivity contribution in [3.8, 4) is 5.75 Å². The van der Waals surface area contributed by atoms with Crippen molar-refractivity contribution in [1.29, 1.82) is 0 Å². The predicted octanol–water partition coefficient (Wildman–Crippen LogP) is 1.57. The van der Waals surface area contributed by atoms with Gasteiger partial charge in [0.1, 0.15) is 5.75 Å². The van der Waals surface area contributed by atoms with Crippen LogP contribution in [-0.2, 0) is 17.6 Å². The number of hydrogen-bond acceptors (Lipinski definition) is 4. The topological polar surface area (TPSA) is 81.6 Å². The molecule has 0 atom stereocenters. The van der Waals surface area contributed by atoms with Gasteiger partial charge in [-0.3, -0.25) is 4.79 Å². The molecule has 0 aliphatic carbocycles. The van der Waals surface area contributed by atoms with Crippen LogP contribution in [0.1, 0.15) is 37.8 Å². The molecule has 0 unspecified atom stereocenters. The molecular formula is C16H24N2O3. The molecule has 5 nitrogen and oxygen atoms in total. The number of aromatic hydroxyl groups is 1. The quantitative estimate of drug-likeness (QED) is 0.474. The van der Waals surface area contributed by atoms with Gasteiger partial charge in [0.15, 0.2) is 0 Å². The van der Waals surface area contributed by atoms with Crippen molar-refractivity contribution in [2.24, 2.45) is 0 Å². The molecule has 1 aliphatic rings. The molecule has 0 saturated heterocycles. The number of fused-ring (bicyclic) bond motifs is 1. The highest BCUT2D eigenvalue weighted by atomic mass is 16.3. The standard InChI is InChI=1S/C16H24N2O3/c1-16(2,21)10-17-9-3-4-11-5-7-13(19)15-12(11)6-8-14(20)18-15/h5,7,17,19,21H,3-4,6,8-10H2,1-2H3,(H,18,20). The Labute approximate surface area is 125 Å². The van der Waals surface area contributed by atoms with Crippen LogP contribution in [0.2, 0.25) is 0 Å². The van der Waals surface area contributed by atoms with Gasteiger partial charge in [-0.2, -0.15) is 0 Å². The van der Waals surface area contributed by atoms with E-state index in [4.69, 9.17) is 0 Å². The SMILES string of the molecule is CC(C)(O)CNCCCc1ccc(O)c2c1CCC(=O)N2. The van der Waals surface area contributed by atoms with E-state index in [1.165, 1.54) is 5.56 Å². The summed E-state index contributed by atoms with van der Waals surface area (Å²) in [4.78, 5) is 11.4. The molecule has 2 rings (SSSR count). The molecule has 4 N–H and O–H groups in total. The van der Waals surface area contributed by atoms with Gasteiger partial charge in [-0.1, -0.05) is 6.07 Å². The lowest BCUT2D eigenvalue weighted by atomic mass is 9.94. The lowest BCUT2D eigenvalue weighted by Gasteiger charge is -2.21. The highest BCUT2D eigenvalue weighted by Crippen LogP contribution is 2.34. The van der Waals surface area contributed by atoms with Crippen molar-refractivity contribution in [3.05, 3.63) is 23.3 Å². The molecule has 1 aromatic carbocycles. The second-order valence-electron chi connectivity index (χ2n) is 6.24. The van der Waals surface area contributed by atoms with Crippen LogP contribution in [0.5, 0.6) is 5.75 Å². The van der Waals surface area contributed by atoms with Gasteiger partial charge < -0.3 is 20.8 Å². The maximum Gasteiger partial charge on any atom is 0.224 e. The van der Waals surface area contributed by atoms with E-state index in [2.05, 4.69) is 10.6 Å². The number of aryl methyl sites for hydroxylation is 1. The Morgan fingerprint density at radius 3 is 2.81 bits per heavy atom. The fourth-order valence-electron chi connectivity index (χ4n) is 2.58. The molecule has 1 amide bonds. The molecule has 0 fully saturated rings. The van der Waals surface area contributed by atoms with Crippen molar-refractivity contribution in [2.45, 2.75) is 45.1 Å². The molecule has 5 heteroatoms. The van der Waals surface area contributed by atoms with Crippen molar-refractivity contribution in [3.63, 3.8) is 0 Å². The van der Waals surface area contributed by atoms with Crippen LogP contribution in [-0.4, -0.2) is 34.8 Å². The first-order valence-corrected chi connectivity index (χ1v) is 7.43. The number of phenols is 1. The van der Waals surface area contributed by atoms with Crippen LogP contribution in [0.3, 0.4) is 0 Å². The van der Waals surface area contributed by atoms with Crippen LogP contribution < -0.4 is 10.6 Å². The lowest BCUT2D eigenvalue weighted by molar-refractivity contribution is -0.116. The van der Waals surface area contributed by atoms with Gasteiger partial charge in [-0.05, 0) is 56.8 Å². The maximum atomic E-state index is 11.4. The second-order valence-corrected chi connectivity index (χ2v) is 6.24. The number of phenolic OH excluding ortho intramolecular Hbond substituents is 1. The Kier molecular flexibility index (Phi) is 4.85. The number of benzene rings is 1. The first-order chi connectivity index (χ1) is 9.87. The Bertz CT molecular complexity index is 521. The second kappa shape index (κ2) is 6.45. The number of anilines is 1. The zero-order valence-electron chi connectivity index (χ0n) is 12.7. The highest BCUT2D eigenvalue weighted by molar-refractivity contribution is 5.95. The van der Waals surface area contributed by atoms with E-state index in [1.807, 2.05) is 6.07 Å². The minimum atomic E-state index is -0.692. The van der Waals surface area contributed by atoms with E-state index >= 15 is 0 Å². The lowest BCUT2D eigenvalue weighted by Crippen LogP contribution is -2.35. The minimum absolute atomic E-state index is 0.0400. The summed E-state index contributed by atoms with van der Waals surface area (Å²) in [6.45, 7) is 4.95. The fraction of sp³-hybridized carbons (Fsp3) is 0.562. The van der Waals surface area contributed by atoms with Crippen molar-refractivity contribution < 1.29 is 15.0 Å². The summed E-state index contributed by atoms with van der Waals surface area (Å²) in [6.07, 6.45) is 2.99. The van der Waals surface area contributed by atoms with E-state index < -0.39 is 5.60 Å². The van der Waals surface area contributed by atoms with Gasteiger partial charge in [-0.25, -0.2) is 0 Å². The monoisotopic (exact) mass is 292 g/mol.